The van der Waals surface area contributed by atoms with E-state index in [1.54, 1.807) is 37.4 Å². The van der Waals surface area contributed by atoms with Gasteiger partial charge in [0.05, 0.1) is 36.0 Å². The monoisotopic (exact) mass is 686 g/mol. The zero-order chi connectivity index (χ0) is 31.6. The number of aliphatic hydroxyl groups is 1. The van der Waals surface area contributed by atoms with Gasteiger partial charge in [-0.3, -0.25) is 5.43 Å². The van der Waals surface area contributed by atoms with Gasteiger partial charge in [0.15, 0.2) is 17.7 Å². The number of hydrogen-bond acceptors (Lipinski definition) is 9. The molecule has 0 aliphatic carbocycles. The van der Waals surface area contributed by atoms with Gasteiger partial charge in [-0.2, -0.15) is 5.10 Å². The highest BCUT2D eigenvalue weighted by Crippen LogP contribution is 2.35. The Kier molecular flexibility index (Phi) is 11.5. The lowest BCUT2D eigenvalue weighted by Gasteiger charge is -2.28. The Bertz CT molecular complexity index is 1570. The van der Waals surface area contributed by atoms with Crippen molar-refractivity contribution in [3.05, 3.63) is 98.1 Å². The molecule has 2 atom stereocenters. The second kappa shape index (κ2) is 15.5. The molecule has 0 unspecified atom stereocenters. The highest BCUT2D eigenvalue weighted by Gasteiger charge is 2.32. The molecule has 0 saturated heterocycles. The number of nitrogens with zero attached hydrogens (tertiary/aromatic N) is 1. The molecule has 1 heterocycles. The highest BCUT2D eigenvalue weighted by molar-refractivity contribution is 9.10. The van der Waals surface area contributed by atoms with E-state index in [4.69, 9.17) is 30.5 Å². The van der Waals surface area contributed by atoms with Crippen LogP contribution in [0.1, 0.15) is 36.6 Å². The van der Waals surface area contributed by atoms with Crippen LogP contribution in [-0.4, -0.2) is 49.9 Å². The van der Waals surface area contributed by atoms with E-state index in [-0.39, 0.29) is 12.2 Å². The van der Waals surface area contributed by atoms with E-state index in [0.717, 1.165) is 15.6 Å². The third-order valence-corrected chi connectivity index (χ3v) is 7.39. The number of urea groups is 1. The van der Waals surface area contributed by atoms with Crippen LogP contribution in [0, 0.1) is 0 Å². The van der Waals surface area contributed by atoms with Gasteiger partial charge in [0.25, 0.3) is 0 Å². The van der Waals surface area contributed by atoms with Crippen molar-refractivity contribution in [2.24, 2.45) is 5.10 Å². The van der Waals surface area contributed by atoms with Crippen LogP contribution in [0.4, 0.5) is 4.79 Å². The summed E-state index contributed by atoms with van der Waals surface area (Å²) in [5.74, 6) is 0.808. The Morgan fingerprint density at radius 2 is 1.89 bits per heavy atom. The number of methoxy groups -OCH3 is 1. The zero-order valence-electron chi connectivity index (χ0n) is 24.2. The summed E-state index contributed by atoms with van der Waals surface area (Å²) in [6.07, 6.45) is 0.413. The third kappa shape index (κ3) is 8.43. The normalized spacial score (nSPS) is 15.3. The molecule has 0 bridgehead atoms. The summed E-state index contributed by atoms with van der Waals surface area (Å²) in [5, 5.41) is 20.5. The maximum Gasteiger partial charge on any atom is 0.337 e. The fourth-order valence-corrected chi connectivity index (χ4v) is 5.01. The number of esters is 1. The minimum atomic E-state index is -1.14. The molecule has 13 heteroatoms. The fourth-order valence-electron chi connectivity index (χ4n) is 4.31. The predicted octanol–water partition coefficient (Wildman–Crippen LogP) is 5.20. The van der Waals surface area contributed by atoms with Crippen LogP contribution >= 0.6 is 27.5 Å². The first-order valence-corrected chi connectivity index (χ1v) is 14.8. The van der Waals surface area contributed by atoms with Crippen molar-refractivity contribution in [3.8, 4) is 17.2 Å². The van der Waals surface area contributed by atoms with Crippen LogP contribution < -0.4 is 30.3 Å². The van der Waals surface area contributed by atoms with E-state index >= 15 is 0 Å². The lowest BCUT2D eigenvalue weighted by molar-refractivity contribution is -0.136. The Labute approximate surface area is 268 Å². The maximum absolute atomic E-state index is 12.4. The summed E-state index contributed by atoms with van der Waals surface area (Å²) in [4.78, 5) is 24.6. The first kappa shape index (κ1) is 32.6. The molecule has 232 valence electrons. The number of halogens is 2. The molecule has 0 radical (unpaired) electrons. The van der Waals surface area contributed by atoms with E-state index in [2.05, 4.69) is 37.1 Å². The first-order valence-electron chi connectivity index (χ1n) is 13.6. The number of aliphatic hydroxyl groups excluding tert-OH is 1. The first-order chi connectivity index (χ1) is 21.2. The summed E-state index contributed by atoms with van der Waals surface area (Å²) in [5.41, 5.74) is 5.52. The van der Waals surface area contributed by atoms with E-state index < -0.39 is 24.3 Å². The van der Waals surface area contributed by atoms with Gasteiger partial charge in [0.1, 0.15) is 19.0 Å². The quantitative estimate of drug-likeness (QED) is 0.0833. The minimum Gasteiger partial charge on any atom is -0.490 e. The Balaban J connectivity index is 1.35. The molecule has 4 rings (SSSR count). The number of hydrazone groups is 1. The van der Waals surface area contributed by atoms with Crippen molar-refractivity contribution in [1.82, 2.24) is 16.1 Å². The number of carbonyl (C=O) groups excluding carboxylic acids is 2. The number of ether oxygens (including phenoxy) is 4. The number of hydrogen-bond donors (Lipinski definition) is 4. The summed E-state index contributed by atoms with van der Waals surface area (Å²) in [6, 6.07) is 16.8. The van der Waals surface area contributed by atoms with Gasteiger partial charge in [-0.05, 0) is 77.3 Å². The van der Waals surface area contributed by atoms with Crippen molar-refractivity contribution in [1.29, 1.82) is 0 Å². The zero-order valence-corrected chi connectivity index (χ0v) is 26.6. The number of benzene rings is 3. The minimum absolute atomic E-state index is 0.147. The standard InChI is InChI=1S/C31H32BrClN4O7/c1-4-42-26-14-20(29-28(30(39)41-3)18(2)35-31(40)36-29)10-12-25(26)44-17-27(38)37-34-15-19-9-11-24(22(32)13-19)43-16-21-7-5-6-8-23(21)33/h5-15,27,29,37-38H,4,16-17H2,1-3H3,(H2,35,36,40)/b34-15-/t27-,29+/m0/s1. The Morgan fingerprint density at radius 3 is 2.61 bits per heavy atom. The number of carbonyl (C=O) groups is 2. The summed E-state index contributed by atoms with van der Waals surface area (Å²) in [7, 11) is 1.27. The van der Waals surface area contributed by atoms with Gasteiger partial charge in [-0.25, -0.2) is 9.59 Å². The maximum atomic E-state index is 12.4. The van der Waals surface area contributed by atoms with Crippen molar-refractivity contribution in [2.75, 3.05) is 20.3 Å². The number of rotatable bonds is 13. The smallest absolute Gasteiger partial charge is 0.337 e. The Morgan fingerprint density at radius 1 is 1.11 bits per heavy atom. The van der Waals surface area contributed by atoms with Gasteiger partial charge in [0.2, 0.25) is 0 Å². The molecule has 4 N–H and O–H groups in total. The van der Waals surface area contributed by atoms with Crippen LogP contribution in [0.2, 0.25) is 5.02 Å². The van der Waals surface area contributed by atoms with Crippen LogP contribution in [-0.2, 0) is 16.1 Å². The molecule has 3 aromatic carbocycles. The van der Waals surface area contributed by atoms with E-state index in [1.807, 2.05) is 43.3 Å². The van der Waals surface area contributed by atoms with Gasteiger partial charge in [0, 0.05) is 16.3 Å². The molecule has 0 spiro atoms. The van der Waals surface area contributed by atoms with Crippen LogP contribution in [0.5, 0.6) is 17.2 Å². The molecule has 0 aromatic heterocycles. The molecule has 11 nitrogen and oxygen atoms in total. The van der Waals surface area contributed by atoms with Crippen molar-refractivity contribution < 1.29 is 33.6 Å². The van der Waals surface area contributed by atoms with E-state index in [1.165, 1.54) is 7.11 Å². The van der Waals surface area contributed by atoms with Crippen LogP contribution in [0.15, 0.2) is 81.5 Å². The lowest BCUT2D eigenvalue weighted by atomic mass is 9.95. The van der Waals surface area contributed by atoms with Gasteiger partial charge >= 0.3 is 12.0 Å². The molecular formula is C31H32BrClN4O7. The summed E-state index contributed by atoms with van der Waals surface area (Å²) >= 11 is 9.71. The topological polar surface area (TPSA) is 140 Å². The molecule has 0 saturated carbocycles. The van der Waals surface area contributed by atoms with Crippen LogP contribution in [0.3, 0.4) is 0 Å². The largest absolute Gasteiger partial charge is 0.490 e. The molecule has 1 aliphatic heterocycles. The Hall–Kier alpha value is -4.26. The second-order valence-corrected chi connectivity index (χ2v) is 10.7. The SMILES string of the molecule is CCOc1cc([C@H]2NC(=O)NC(C)=C2C(=O)OC)ccc1OC[C@H](O)N/N=C\c1ccc(OCc2ccccc2Cl)c(Br)c1. The van der Waals surface area contributed by atoms with Crippen molar-refractivity contribution >= 4 is 45.7 Å². The lowest BCUT2D eigenvalue weighted by Crippen LogP contribution is -2.45. The highest BCUT2D eigenvalue weighted by atomic mass is 79.9. The molecular weight excluding hydrogens is 656 g/mol. The molecule has 44 heavy (non-hydrogen) atoms. The summed E-state index contributed by atoms with van der Waals surface area (Å²) in [6.45, 7) is 3.95. The second-order valence-electron chi connectivity index (χ2n) is 9.48. The number of nitrogens with one attached hydrogen (secondary N) is 3. The third-order valence-electron chi connectivity index (χ3n) is 6.41. The van der Waals surface area contributed by atoms with E-state index in [9.17, 15) is 14.7 Å². The fraction of sp³-hybridized carbons (Fsp3) is 0.258. The average Bonchev–Trinajstić information content (AvgIpc) is 3.00. The van der Waals surface area contributed by atoms with Gasteiger partial charge in [-0.1, -0.05) is 35.9 Å². The molecule has 3 aromatic rings. The van der Waals surface area contributed by atoms with Crippen LogP contribution in [0.25, 0.3) is 0 Å². The summed E-state index contributed by atoms with van der Waals surface area (Å²) < 4.78 is 23.1. The van der Waals surface area contributed by atoms with Crippen molar-refractivity contribution in [2.45, 2.75) is 32.7 Å². The van der Waals surface area contributed by atoms with Gasteiger partial charge in [-0.15, -0.1) is 0 Å². The average molecular weight is 688 g/mol. The van der Waals surface area contributed by atoms with Gasteiger partial charge < -0.3 is 34.7 Å². The number of allylic oxidation sites excluding steroid dienone is 1. The number of amides is 2. The predicted molar refractivity (Wildman–Crippen MR) is 169 cm³/mol. The van der Waals surface area contributed by atoms with E-state index in [0.29, 0.717) is 46.7 Å². The molecule has 1 aliphatic rings. The molecule has 2 amide bonds. The van der Waals surface area contributed by atoms with Crippen molar-refractivity contribution in [3.63, 3.8) is 0 Å². The molecule has 0 fully saturated rings.